The summed E-state index contributed by atoms with van der Waals surface area (Å²) >= 11 is 0. The third kappa shape index (κ3) is 2.34. The zero-order valence-corrected chi connectivity index (χ0v) is 8.82. The normalized spacial score (nSPS) is 9.73. The van der Waals surface area contributed by atoms with Crippen molar-refractivity contribution in [1.82, 2.24) is 4.57 Å². The number of aromatic nitrogens is 1. The van der Waals surface area contributed by atoms with E-state index in [9.17, 15) is 9.59 Å². The van der Waals surface area contributed by atoms with Crippen LogP contribution in [0.25, 0.3) is 6.08 Å². The molecule has 15 heavy (non-hydrogen) atoms. The molecule has 0 amide bonds. The lowest BCUT2D eigenvalue weighted by molar-refractivity contribution is -0.137. The Morgan fingerprint density at radius 2 is 2.27 bits per heavy atom. The summed E-state index contributed by atoms with van der Waals surface area (Å²) in [6.45, 7) is 5.44. The van der Waals surface area contributed by atoms with Gasteiger partial charge in [-0.1, -0.05) is 12.7 Å². The van der Waals surface area contributed by atoms with Gasteiger partial charge in [-0.05, 0) is 18.6 Å². The molecular formula is C11H13NO3. The zero-order valence-electron chi connectivity index (χ0n) is 8.82. The molecule has 0 aromatic carbocycles. The Balaban J connectivity index is 2.95. The zero-order chi connectivity index (χ0) is 11.4. The van der Waals surface area contributed by atoms with Crippen molar-refractivity contribution in [3.63, 3.8) is 0 Å². The Bertz CT molecular complexity index is 404. The molecule has 0 aliphatic carbocycles. The van der Waals surface area contributed by atoms with E-state index in [1.807, 2.05) is 0 Å². The monoisotopic (exact) mass is 207 g/mol. The lowest BCUT2D eigenvalue weighted by atomic mass is 10.2. The summed E-state index contributed by atoms with van der Waals surface area (Å²) in [7, 11) is 1.69. The van der Waals surface area contributed by atoms with Gasteiger partial charge < -0.3 is 9.30 Å². The molecule has 80 valence electrons. The van der Waals surface area contributed by atoms with Crippen LogP contribution >= 0.6 is 0 Å². The lowest BCUT2D eigenvalue weighted by Gasteiger charge is -2.01. The van der Waals surface area contributed by atoms with Crippen LogP contribution in [0.1, 0.15) is 23.0 Å². The first-order valence-corrected chi connectivity index (χ1v) is 4.60. The average molecular weight is 207 g/mol. The van der Waals surface area contributed by atoms with E-state index in [1.165, 1.54) is 0 Å². The van der Waals surface area contributed by atoms with Crippen molar-refractivity contribution in [3.8, 4) is 0 Å². The van der Waals surface area contributed by atoms with E-state index in [4.69, 9.17) is 0 Å². The minimum absolute atomic E-state index is 0.198. The van der Waals surface area contributed by atoms with Gasteiger partial charge in [-0.25, -0.2) is 4.79 Å². The van der Waals surface area contributed by atoms with Crippen LogP contribution in [-0.2, 0) is 16.6 Å². The van der Waals surface area contributed by atoms with Crippen LogP contribution in [0.5, 0.6) is 0 Å². The Morgan fingerprint density at radius 3 is 2.73 bits per heavy atom. The average Bonchev–Trinajstić information content (AvgIpc) is 2.59. The number of hydrogen-bond donors (Lipinski definition) is 0. The standard InChI is InChI=1S/C11H13NO3/c1-4-8-6-9(12(3)7-8)10(13)11(14)15-5-2/h4,6-7H,1,5H2,2-3H3. The van der Waals surface area contributed by atoms with Crippen molar-refractivity contribution in [3.05, 3.63) is 30.1 Å². The minimum atomic E-state index is -0.825. The summed E-state index contributed by atoms with van der Waals surface area (Å²) in [5.74, 6) is -1.46. The second-order valence-corrected chi connectivity index (χ2v) is 3.02. The predicted molar refractivity (Wildman–Crippen MR) is 56.5 cm³/mol. The number of carbonyl (C=O) groups excluding carboxylic acids is 2. The molecule has 0 N–H and O–H groups in total. The van der Waals surface area contributed by atoms with Crippen molar-refractivity contribution in [2.45, 2.75) is 6.92 Å². The summed E-state index contributed by atoms with van der Waals surface area (Å²) < 4.78 is 6.21. The summed E-state index contributed by atoms with van der Waals surface area (Å²) in [6.07, 6.45) is 3.33. The van der Waals surface area contributed by atoms with Gasteiger partial charge in [-0.3, -0.25) is 4.79 Å². The van der Waals surface area contributed by atoms with E-state index < -0.39 is 11.8 Å². The smallest absolute Gasteiger partial charge is 0.381 e. The molecule has 0 radical (unpaired) electrons. The van der Waals surface area contributed by atoms with Gasteiger partial charge in [0.25, 0.3) is 5.78 Å². The molecule has 0 unspecified atom stereocenters. The van der Waals surface area contributed by atoms with Crippen LogP contribution in [0, 0.1) is 0 Å². The van der Waals surface area contributed by atoms with Crippen LogP contribution in [0.2, 0.25) is 0 Å². The quantitative estimate of drug-likeness (QED) is 0.426. The lowest BCUT2D eigenvalue weighted by Crippen LogP contribution is -2.19. The van der Waals surface area contributed by atoms with Gasteiger partial charge in [-0.2, -0.15) is 0 Å². The molecule has 1 heterocycles. The number of nitrogens with zero attached hydrogens (tertiary/aromatic N) is 1. The summed E-state index contributed by atoms with van der Waals surface area (Å²) in [6, 6.07) is 1.60. The Kier molecular flexibility index (Phi) is 3.44. The van der Waals surface area contributed by atoms with Gasteiger partial charge in [0.2, 0.25) is 0 Å². The molecule has 1 rings (SSSR count). The van der Waals surface area contributed by atoms with Crippen LogP contribution in [0.15, 0.2) is 18.8 Å². The fourth-order valence-electron chi connectivity index (χ4n) is 1.23. The van der Waals surface area contributed by atoms with Crippen LogP contribution in [0.3, 0.4) is 0 Å². The second-order valence-electron chi connectivity index (χ2n) is 3.02. The minimum Gasteiger partial charge on any atom is -0.460 e. The number of ketones is 1. The van der Waals surface area contributed by atoms with E-state index in [-0.39, 0.29) is 6.61 Å². The largest absolute Gasteiger partial charge is 0.460 e. The Labute approximate surface area is 88.2 Å². The number of carbonyl (C=O) groups is 2. The highest BCUT2D eigenvalue weighted by Gasteiger charge is 2.20. The number of aryl methyl sites for hydroxylation is 1. The maximum absolute atomic E-state index is 11.6. The number of rotatable bonds is 4. The van der Waals surface area contributed by atoms with Crippen LogP contribution in [-0.4, -0.2) is 22.9 Å². The van der Waals surface area contributed by atoms with E-state index >= 15 is 0 Å². The van der Waals surface area contributed by atoms with Crippen molar-refractivity contribution in [2.24, 2.45) is 7.05 Å². The number of hydrogen-bond acceptors (Lipinski definition) is 3. The third-order valence-corrected chi connectivity index (χ3v) is 1.96. The fraction of sp³-hybridized carbons (Fsp3) is 0.273. The van der Waals surface area contributed by atoms with Crippen molar-refractivity contribution < 1.29 is 14.3 Å². The first kappa shape index (κ1) is 11.2. The maximum atomic E-state index is 11.6. The van der Waals surface area contributed by atoms with E-state index in [0.717, 1.165) is 5.56 Å². The molecular weight excluding hydrogens is 194 g/mol. The Hall–Kier alpha value is -1.84. The van der Waals surface area contributed by atoms with Gasteiger partial charge in [0, 0.05) is 13.2 Å². The third-order valence-electron chi connectivity index (χ3n) is 1.96. The highest BCUT2D eigenvalue weighted by atomic mass is 16.5. The molecule has 4 heteroatoms. The van der Waals surface area contributed by atoms with E-state index in [1.54, 1.807) is 36.9 Å². The predicted octanol–water partition coefficient (Wildman–Crippen LogP) is 1.41. The molecule has 0 saturated carbocycles. The first-order chi connectivity index (χ1) is 7.10. The maximum Gasteiger partial charge on any atom is 0.381 e. The molecule has 0 aliphatic heterocycles. The fourth-order valence-corrected chi connectivity index (χ4v) is 1.23. The number of Topliss-reactive ketones (excluding diaryl/α,β-unsaturated/α-hetero) is 1. The molecule has 1 aromatic rings. The van der Waals surface area contributed by atoms with E-state index in [0.29, 0.717) is 5.69 Å². The van der Waals surface area contributed by atoms with Gasteiger partial charge in [0.1, 0.15) is 0 Å². The highest BCUT2D eigenvalue weighted by molar-refractivity contribution is 6.40. The van der Waals surface area contributed by atoms with Crippen LogP contribution < -0.4 is 0 Å². The molecule has 0 atom stereocenters. The molecule has 1 aromatic heterocycles. The molecule has 0 saturated heterocycles. The molecule has 0 spiro atoms. The van der Waals surface area contributed by atoms with E-state index in [2.05, 4.69) is 11.3 Å². The number of esters is 1. The highest BCUT2D eigenvalue weighted by Crippen LogP contribution is 2.09. The van der Waals surface area contributed by atoms with Crippen molar-refractivity contribution in [1.29, 1.82) is 0 Å². The van der Waals surface area contributed by atoms with Gasteiger partial charge in [-0.15, -0.1) is 0 Å². The second kappa shape index (κ2) is 4.59. The van der Waals surface area contributed by atoms with Gasteiger partial charge >= 0.3 is 5.97 Å². The SMILES string of the molecule is C=Cc1cc(C(=O)C(=O)OCC)n(C)c1. The van der Waals surface area contributed by atoms with Crippen molar-refractivity contribution in [2.75, 3.05) is 6.61 Å². The molecule has 4 nitrogen and oxygen atoms in total. The van der Waals surface area contributed by atoms with Gasteiger partial charge in [0.05, 0.1) is 12.3 Å². The molecule has 0 fully saturated rings. The van der Waals surface area contributed by atoms with Crippen molar-refractivity contribution >= 4 is 17.8 Å². The first-order valence-electron chi connectivity index (χ1n) is 4.60. The topological polar surface area (TPSA) is 48.3 Å². The summed E-state index contributed by atoms with van der Waals surface area (Å²) in [5, 5.41) is 0. The number of ether oxygens (including phenoxy) is 1. The molecule has 0 bridgehead atoms. The summed E-state index contributed by atoms with van der Waals surface area (Å²) in [4.78, 5) is 22.7. The Morgan fingerprint density at radius 1 is 1.60 bits per heavy atom. The van der Waals surface area contributed by atoms with Gasteiger partial charge in [0.15, 0.2) is 0 Å². The molecule has 0 aliphatic rings. The summed E-state index contributed by atoms with van der Waals surface area (Å²) in [5.41, 5.74) is 1.11. The van der Waals surface area contributed by atoms with Crippen LogP contribution in [0.4, 0.5) is 0 Å².